The highest BCUT2D eigenvalue weighted by Gasteiger charge is 2.43. The second kappa shape index (κ2) is 29.2. The number of hydrogen-bond acceptors (Lipinski definition) is 16. The summed E-state index contributed by atoms with van der Waals surface area (Å²) in [5, 5.41) is 74.8. The Balaban J connectivity index is 1.37. The van der Waals surface area contributed by atoms with Crippen molar-refractivity contribution in [3.05, 3.63) is 0 Å². The molecule has 0 aliphatic carbocycles. The molecule has 3 aliphatic heterocycles. The van der Waals surface area contributed by atoms with Gasteiger partial charge in [0, 0.05) is 70.9 Å². The van der Waals surface area contributed by atoms with Crippen molar-refractivity contribution in [2.75, 3.05) is 53.2 Å². The molecule has 0 spiro atoms. The second-order valence-corrected chi connectivity index (χ2v) is 17.1. The van der Waals surface area contributed by atoms with Gasteiger partial charge in [-0.2, -0.15) is 0 Å². The first-order valence-corrected chi connectivity index (χ1v) is 22.8. The topological polar surface area (TPSA) is 283 Å². The number of ketones is 1. The SMILES string of the molecule is CO[C@@H]1C[C@@H](CO)N(C(=O)CCCCCCC(=O)C(CCCCNC(=O)CCCCOC2OC(CO)C(O)C(O)C2C)NC(=O)CCCCOC2OC(CO)C(O)C(O)C2C)C1. The van der Waals surface area contributed by atoms with Gasteiger partial charge < -0.3 is 75.0 Å². The lowest BCUT2D eigenvalue weighted by Gasteiger charge is -2.40. The van der Waals surface area contributed by atoms with Crippen molar-refractivity contribution in [2.45, 2.75) is 184 Å². The maximum Gasteiger partial charge on any atom is 0.222 e. The van der Waals surface area contributed by atoms with Gasteiger partial charge >= 0.3 is 0 Å². The predicted octanol–water partition coefficient (Wildman–Crippen LogP) is -0.200. The van der Waals surface area contributed by atoms with Crippen LogP contribution in [0.3, 0.4) is 0 Å². The Morgan fingerprint density at radius 2 is 1.19 bits per heavy atom. The van der Waals surface area contributed by atoms with E-state index in [1.807, 2.05) is 0 Å². The summed E-state index contributed by atoms with van der Waals surface area (Å²) >= 11 is 0. The van der Waals surface area contributed by atoms with E-state index in [4.69, 9.17) is 23.7 Å². The number of amides is 3. The third kappa shape index (κ3) is 17.5. The molecular formula is C43H77N3O16. The van der Waals surface area contributed by atoms with Crippen LogP contribution in [0.15, 0.2) is 0 Å². The van der Waals surface area contributed by atoms with Crippen LogP contribution in [-0.4, -0.2) is 185 Å². The Kier molecular flexibility index (Phi) is 25.4. The van der Waals surface area contributed by atoms with Gasteiger partial charge in [-0.1, -0.05) is 26.7 Å². The van der Waals surface area contributed by atoms with Crippen LogP contribution in [0.2, 0.25) is 0 Å². The zero-order valence-corrected chi connectivity index (χ0v) is 37.0. The Morgan fingerprint density at radius 1 is 0.661 bits per heavy atom. The molecule has 3 aliphatic rings. The highest BCUT2D eigenvalue weighted by molar-refractivity contribution is 5.89. The van der Waals surface area contributed by atoms with E-state index in [0.717, 1.165) is 12.8 Å². The zero-order valence-electron chi connectivity index (χ0n) is 37.0. The van der Waals surface area contributed by atoms with Crippen molar-refractivity contribution in [1.82, 2.24) is 15.5 Å². The van der Waals surface area contributed by atoms with Crippen LogP contribution in [0, 0.1) is 11.8 Å². The molecule has 0 saturated carbocycles. The lowest BCUT2D eigenvalue weighted by Crippen LogP contribution is -2.55. The van der Waals surface area contributed by atoms with E-state index in [9.17, 15) is 54.9 Å². The number of ether oxygens (including phenoxy) is 5. The number of carbonyl (C=O) groups is 4. The van der Waals surface area contributed by atoms with Crippen LogP contribution in [0.5, 0.6) is 0 Å². The van der Waals surface area contributed by atoms with Crippen molar-refractivity contribution in [2.24, 2.45) is 11.8 Å². The first-order chi connectivity index (χ1) is 29.8. The standard InChI is InChI=1S/C43H77N3O16/c1-27-38(54)40(56)33(25-48)61-42(27)59-20-12-9-16-35(51)44-19-11-8-14-31(32(50)15-6-4-5-7-18-37(53)46-23-30(58-3)22-29(46)24-47)45-36(52)17-10-13-21-60-43-28(2)39(55)41(57)34(26-49)62-43/h27-31,33-34,38-43,47-49,54-57H,4-26H2,1-3H3,(H,44,51)(H,45,52)/t27?,28?,29-,30+,31?,33?,34?,38?,39?,40?,41?,42?,43?/m0/s1. The number of methoxy groups -OCH3 is 1. The fraction of sp³-hybridized carbons (Fsp3) is 0.907. The number of nitrogens with zero attached hydrogens (tertiary/aromatic N) is 1. The molecular weight excluding hydrogens is 814 g/mol. The minimum Gasteiger partial charge on any atom is -0.394 e. The predicted molar refractivity (Wildman–Crippen MR) is 223 cm³/mol. The number of hydrogen-bond donors (Lipinski definition) is 9. The van der Waals surface area contributed by atoms with Gasteiger partial charge in [0.05, 0.1) is 50.2 Å². The number of aliphatic hydroxyl groups excluding tert-OH is 7. The molecule has 62 heavy (non-hydrogen) atoms. The smallest absolute Gasteiger partial charge is 0.222 e. The van der Waals surface area contributed by atoms with E-state index in [-0.39, 0.29) is 74.7 Å². The van der Waals surface area contributed by atoms with Gasteiger partial charge in [0.1, 0.15) is 24.4 Å². The summed E-state index contributed by atoms with van der Waals surface area (Å²) in [6, 6.07) is -0.920. The number of nitrogens with one attached hydrogen (secondary N) is 2. The fourth-order valence-electron chi connectivity index (χ4n) is 8.14. The average Bonchev–Trinajstić information content (AvgIpc) is 3.70. The molecule has 0 aromatic carbocycles. The van der Waals surface area contributed by atoms with Crippen LogP contribution in [0.25, 0.3) is 0 Å². The van der Waals surface area contributed by atoms with E-state index >= 15 is 0 Å². The van der Waals surface area contributed by atoms with E-state index in [0.29, 0.717) is 83.7 Å². The van der Waals surface area contributed by atoms with Crippen LogP contribution >= 0.6 is 0 Å². The Labute approximate surface area is 366 Å². The summed E-state index contributed by atoms with van der Waals surface area (Å²) < 4.78 is 28.0. The molecule has 3 fully saturated rings. The summed E-state index contributed by atoms with van der Waals surface area (Å²) in [7, 11) is 1.60. The first kappa shape index (κ1) is 53.9. The van der Waals surface area contributed by atoms with Gasteiger partial charge in [-0.15, -0.1) is 0 Å². The molecule has 3 amide bonds. The van der Waals surface area contributed by atoms with Gasteiger partial charge in [-0.3, -0.25) is 19.2 Å². The Morgan fingerprint density at radius 3 is 1.73 bits per heavy atom. The van der Waals surface area contributed by atoms with Gasteiger partial charge in [0.15, 0.2) is 18.4 Å². The molecule has 360 valence electrons. The van der Waals surface area contributed by atoms with Crippen LogP contribution < -0.4 is 10.6 Å². The van der Waals surface area contributed by atoms with Crippen molar-refractivity contribution in [3.63, 3.8) is 0 Å². The number of rotatable bonds is 30. The van der Waals surface area contributed by atoms with Crippen molar-refractivity contribution in [1.29, 1.82) is 0 Å². The van der Waals surface area contributed by atoms with E-state index in [2.05, 4.69) is 10.6 Å². The second-order valence-electron chi connectivity index (χ2n) is 17.1. The van der Waals surface area contributed by atoms with Gasteiger partial charge in [0.25, 0.3) is 0 Å². The zero-order chi connectivity index (χ0) is 45.6. The van der Waals surface area contributed by atoms with Crippen LogP contribution in [0.4, 0.5) is 0 Å². The van der Waals surface area contributed by atoms with Gasteiger partial charge in [-0.05, 0) is 64.2 Å². The van der Waals surface area contributed by atoms with Gasteiger partial charge in [0.2, 0.25) is 17.7 Å². The molecule has 3 rings (SSSR count). The van der Waals surface area contributed by atoms with E-state index < -0.39 is 80.3 Å². The van der Waals surface area contributed by atoms with Gasteiger partial charge in [-0.25, -0.2) is 0 Å². The third-order valence-electron chi connectivity index (χ3n) is 12.3. The molecule has 9 N–H and O–H groups in total. The molecule has 19 nitrogen and oxygen atoms in total. The molecule has 0 radical (unpaired) electrons. The summed E-state index contributed by atoms with van der Waals surface area (Å²) in [5.74, 6) is -1.50. The lowest BCUT2D eigenvalue weighted by molar-refractivity contribution is -0.282. The number of aliphatic hydroxyl groups is 7. The van der Waals surface area contributed by atoms with Crippen LogP contribution in [0.1, 0.15) is 117 Å². The average molecular weight is 892 g/mol. The molecule has 0 aromatic rings. The Hall–Kier alpha value is -2.40. The fourth-order valence-corrected chi connectivity index (χ4v) is 8.14. The maximum absolute atomic E-state index is 13.4. The largest absolute Gasteiger partial charge is 0.394 e. The normalized spacial score (nSPS) is 30.6. The lowest BCUT2D eigenvalue weighted by atomic mass is 9.92. The summed E-state index contributed by atoms with van der Waals surface area (Å²) in [6.45, 7) is 3.73. The molecule has 13 atom stereocenters. The number of Topliss-reactive ketones (excluding diaryl/α,β-unsaturated/α-hetero) is 1. The molecule has 0 aromatic heterocycles. The quantitative estimate of drug-likeness (QED) is 0.0422. The Bertz CT molecular complexity index is 1310. The summed E-state index contributed by atoms with van der Waals surface area (Å²) in [4.78, 5) is 53.4. The monoisotopic (exact) mass is 892 g/mol. The summed E-state index contributed by atoms with van der Waals surface area (Å²) in [6.07, 6.45) is -0.0862. The van der Waals surface area contributed by atoms with Crippen LogP contribution in [-0.2, 0) is 42.9 Å². The molecule has 19 heteroatoms. The van der Waals surface area contributed by atoms with Crippen molar-refractivity contribution in [3.8, 4) is 0 Å². The molecule has 11 unspecified atom stereocenters. The molecule has 3 heterocycles. The molecule has 0 bridgehead atoms. The number of unbranched alkanes of at least 4 members (excludes halogenated alkanes) is 6. The minimum absolute atomic E-state index is 0.0102. The van der Waals surface area contributed by atoms with E-state index in [1.165, 1.54) is 0 Å². The highest BCUT2D eigenvalue weighted by Crippen LogP contribution is 2.28. The highest BCUT2D eigenvalue weighted by atomic mass is 16.7. The number of likely N-dealkylation sites (tertiary alicyclic amines) is 1. The van der Waals surface area contributed by atoms with E-state index in [1.54, 1.807) is 25.9 Å². The first-order valence-electron chi connectivity index (χ1n) is 22.8. The third-order valence-corrected chi connectivity index (χ3v) is 12.3. The van der Waals surface area contributed by atoms with Crippen molar-refractivity contribution >= 4 is 23.5 Å². The minimum atomic E-state index is -1.22. The molecule has 3 saturated heterocycles. The van der Waals surface area contributed by atoms with Crippen molar-refractivity contribution < 1.29 is 78.6 Å². The number of carbonyl (C=O) groups excluding carboxylic acids is 4. The maximum atomic E-state index is 13.4. The summed E-state index contributed by atoms with van der Waals surface area (Å²) in [5.41, 5.74) is 0.